The van der Waals surface area contributed by atoms with E-state index in [0.29, 0.717) is 6.04 Å². The van der Waals surface area contributed by atoms with Gasteiger partial charge in [-0.15, -0.1) is 0 Å². The van der Waals surface area contributed by atoms with E-state index in [-0.39, 0.29) is 0 Å². The number of anilines is 2. The molecule has 1 aromatic rings. The Hall–Kier alpha value is -1.32. The highest BCUT2D eigenvalue weighted by atomic mass is 15.2. The summed E-state index contributed by atoms with van der Waals surface area (Å²) >= 11 is 0. The van der Waals surface area contributed by atoms with Crippen molar-refractivity contribution in [2.75, 3.05) is 23.3 Å². The Morgan fingerprint density at radius 3 is 2.31 bits per heavy atom. The van der Waals surface area contributed by atoms with Crippen LogP contribution in [-0.2, 0) is 0 Å². The Morgan fingerprint density at radius 2 is 1.75 bits per heavy atom. The third-order valence-electron chi connectivity index (χ3n) is 2.73. The van der Waals surface area contributed by atoms with Crippen molar-refractivity contribution >= 4 is 11.6 Å². The molecule has 0 aliphatic carbocycles. The number of hydrogen-bond donors (Lipinski definition) is 1. The molecular weight excluding hydrogens is 200 g/mol. The molecule has 0 unspecified atom stereocenters. The summed E-state index contributed by atoms with van der Waals surface area (Å²) in [6.07, 6.45) is 7.60. The minimum Gasteiger partial charge on any atom is -0.380 e. The van der Waals surface area contributed by atoms with Gasteiger partial charge in [-0.25, -0.2) is 9.97 Å². The Labute approximate surface area is 97.1 Å². The first-order valence-corrected chi connectivity index (χ1v) is 6.09. The van der Waals surface area contributed by atoms with Crippen molar-refractivity contribution in [3.63, 3.8) is 0 Å². The Bertz CT molecular complexity index is 314. The summed E-state index contributed by atoms with van der Waals surface area (Å²) in [6.45, 7) is 6.41. The lowest BCUT2D eigenvalue weighted by Gasteiger charge is -2.26. The molecule has 2 heterocycles. The molecule has 1 N–H and O–H groups in total. The van der Waals surface area contributed by atoms with Crippen molar-refractivity contribution in [1.29, 1.82) is 0 Å². The SMILES string of the molecule is CC(C)Nc1cnc(N2CCCCC2)nc1. The van der Waals surface area contributed by atoms with Gasteiger partial charge in [-0.05, 0) is 33.1 Å². The molecule has 0 amide bonds. The third-order valence-corrected chi connectivity index (χ3v) is 2.73. The van der Waals surface area contributed by atoms with Crippen molar-refractivity contribution in [3.05, 3.63) is 12.4 Å². The summed E-state index contributed by atoms with van der Waals surface area (Å²) in [5, 5.41) is 3.29. The number of aromatic nitrogens is 2. The van der Waals surface area contributed by atoms with Gasteiger partial charge in [-0.2, -0.15) is 0 Å². The van der Waals surface area contributed by atoms with Crippen LogP contribution < -0.4 is 10.2 Å². The van der Waals surface area contributed by atoms with E-state index in [4.69, 9.17) is 0 Å². The van der Waals surface area contributed by atoms with Crippen LogP contribution in [-0.4, -0.2) is 29.1 Å². The highest BCUT2D eigenvalue weighted by Gasteiger charge is 2.12. The van der Waals surface area contributed by atoms with Crippen molar-refractivity contribution in [2.24, 2.45) is 0 Å². The number of nitrogens with zero attached hydrogens (tertiary/aromatic N) is 3. The second kappa shape index (κ2) is 5.14. The van der Waals surface area contributed by atoms with Crippen molar-refractivity contribution in [2.45, 2.75) is 39.2 Å². The van der Waals surface area contributed by atoms with Crippen LogP contribution in [0.3, 0.4) is 0 Å². The standard InChI is InChI=1S/C12H20N4/c1-10(2)15-11-8-13-12(14-9-11)16-6-4-3-5-7-16/h8-10,15H,3-7H2,1-2H3. The minimum absolute atomic E-state index is 0.421. The summed E-state index contributed by atoms with van der Waals surface area (Å²) in [5.74, 6) is 0.869. The highest BCUT2D eigenvalue weighted by molar-refractivity contribution is 5.42. The topological polar surface area (TPSA) is 41.1 Å². The van der Waals surface area contributed by atoms with Crippen LogP contribution in [0.25, 0.3) is 0 Å². The molecule has 4 heteroatoms. The molecule has 4 nitrogen and oxygen atoms in total. The van der Waals surface area contributed by atoms with Crippen molar-refractivity contribution < 1.29 is 0 Å². The zero-order valence-electron chi connectivity index (χ0n) is 10.1. The maximum Gasteiger partial charge on any atom is 0.225 e. The fourth-order valence-corrected chi connectivity index (χ4v) is 1.99. The summed E-state index contributed by atoms with van der Waals surface area (Å²) in [6, 6.07) is 0.421. The van der Waals surface area contributed by atoms with Crippen LogP contribution in [0, 0.1) is 0 Å². The van der Waals surface area contributed by atoms with Crippen LogP contribution in [0.4, 0.5) is 11.6 Å². The predicted octanol–water partition coefficient (Wildman–Crippen LogP) is 2.29. The molecule has 88 valence electrons. The fourth-order valence-electron chi connectivity index (χ4n) is 1.99. The molecule has 0 aromatic carbocycles. The quantitative estimate of drug-likeness (QED) is 0.848. The van der Waals surface area contributed by atoms with E-state index in [0.717, 1.165) is 24.7 Å². The van der Waals surface area contributed by atoms with E-state index >= 15 is 0 Å². The largest absolute Gasteiger partial charge is 0.380 e. The maximum atomic E-state index is 4.41. The van der Waals surface area contributed by atoms with Gasteiger partial charge in [0.2, 0.25) is 5.95 Å². The lowest BCUT2D eigenvalue weighted by molar-refractivity contribution is 0.568. The van der Waals surface area contributed by atoms with Crippen LogP contribution in [0.5, 0.6) is 0 Å². The van der Waals surface area contributed by atoms with Gasteiger partial charge in [0.25, 0.3) is 0 Å². The number of rotatable bonds is 3. The number of piperidine rings is 1. The van der Waals surface area contributed by atoms with Crippen LogP contribution in [0.15, 0.2) is 12.4 Å². The van der Waals surface area contributed by atoms with Crippen molar-refractivity contribution in [1.82, 2.24) is 9.97 Å². The van der Waals surface area contributed by atoms with Crippen molar-refractivity contribution in [3.8, 4) is 0 Å². The van der Waals surface area contributed by atoms with E-state index in [2.05, 4.69) is 34.0 Å². The average Bonchev–Trinajstić information content (AvgIpc) is 2.30. The first-order chi connectivity index (χ1) is 7.75. The van der Waals surface area contributed by atoms with E-state index in [1.54, 1.807) is 0 Å². The summed E-state index contributed by atoms with van der Waals surface area (Å²) in [5.41, 5.74) is 0.996. The van der Waals surface area contributed by atoms with Crippen LogP contribution in [0.2, 0.25) is 0 Å². The maximum absolute atomic E-state index is 4.41. The molecule has 1 saturated heterocycles. The molecule has 0 saturated carbocycles. The van der Waals surface area contributed by atoms with Gasteiger partial charge in [0.05, 0.1) is 18.1 Å². The van der Waals surface area contributed by atoms with Crippen LogP contribution >= 0.6 is 0 Å². The zero-order chi connectivity index (χ0) is 11.4. The van der Waals surface area contributed by atoms with Crippen LogP contribution in [0.1, 0.15) is 33.1 Å². The second-order valence-electron chi connectivity index (χ2n) is 4.62. The van der Waals surface area contributed by atoms with Gasteiger partial charge in [0.15, 0.2) is 0 Å². The number of hydrogen-bond acceptors (Lipinski definition) is 4. The van der Waals surface area contributed by atoms with E-state index in [1.807, 2.05) is 12.4 Å². The van der Waals surface area contributed by atoms with Gasteiger partial charge < -0.3 is 10.2 Å². The molecule has 1 aliphatic heterocycles. The van der Waals surface area contributed by atoms with Gasteiger partial charge >= 0.3 is 0 Å². The molecule has 0 bridgehead atoms. The third kappa shape index (κ3) is 2.84. The predicted molar refractivity (Wildman–Crippen MR) is 66.9 cm³/mol. The first-order valence-electron chi connectivity index (χ1n) is 6.09. The molecule has 1 aliphatic rings. The monoisotopic (exact) mass is 220 g/mol. The minimum atomic E-state index is 0.421. The number of nitrogens with one attached hydrogen (secondary N) is 1. The summed E-state index contributed by atoms with van der Waals surface area (Å²) in [4.78, 5) is 11.1. The summed E-state index contributed by atoms with van der Waals surface area (Å²) in [7, 11) is 0. The van der Waals surface area contributed by atoms with Gasteiger partial charge in [0, 0.05) is 19.1 Å². The molecule has 1 aromatic heterocycles. The molecule has 0 radical (unpaired) electrons. The summed E-state index contributed by atoms with van der Waals surface area (Å²) < 4.78 is 0. The Morgan fingerprint density at radius 1 is 1.12 bits per heavy atom. The highest BCUT2D eigenvalue weighted by Crippen LogP contribution is 2.16. The smallest absolute Gasteiger partial charge is 0.225 e. The Kier molecular flexibility index (Phi) is 3.59. The second-order valence-corrected chi connectivity index (χ2v) is 4.62. The molecule has 16 heavy (non-hydrogen) atoms. The molecule has 0 atom stereocenters. The normalized spacial score (nSPS) is 16.6. The van der Waals surface area contributed by atoms with E-state index < -0.39 is 0 Å². The molecule has 1 fully saturated rings. The van der Waals surface area contributed by atoms with E-state index in [9.17, 15) is 0 Å². The lowest BCUT2D eigenvalue weighted by atomic mass is 10.1. The molecular formula is C12H20N4. The van der Waals surface area contributed by atoms with Gasteiger partial charge in [-0.1, -0.05) is 0 Å². The van der Waals surface area contributed by atoms with Gasteiger partial charge in [-0.3, -0.25) is 0 Å². The molecule has 2 rings (SSSR count). The average molecular weight is 220 g/mol. The lowest BCUT2D eigenvalue weighted by Crippen LogP contribution is -2.30. The fraction of sp³-hybridized carbons (Fsp3) is 0.667. The zero-order valence-corrected chi connectivity index (χ0v) is 10.1. The van der Waals surface area contributed by atoms with E-state index in [1.165, 1.54) is 19.3 Å². The molecule has 0 spiro atoms. The van der Waals surface area contributed by atoms with Gasteiger partial charge in [0.1, 0.15) is 0 Å². The first kappa shape index (κ1) is 11.2. The Balaban J connectivity index is 2.00.